The monoisotopic (exact) mass is 616 g/mol. The van der Waals surface area contributed by atoms with Crippen molar-refractivity contribution in [2.75, 3.05) is 26.2 Å². The highest BCUT2D eigenvalue weighted by atomic mass is 35.5. The van der Waals surface area contributed by atoms with Crippen molar-refractivity contribution in [2.45, 2.75) is 49.5 Å². The summed E-state index contributed by atoms with van der Waals surface area (Å²) in [5, 5.41) is 12.9. The van der Waals surface area contributed by atoms with Crippen LogP contribution in [0.1, 0.15) is 75.6 Å². The molecule has 2 heterocycles. The first-order chi connectivity index (χ1) is 20.7. The Morgan fingerprint density at radius 1 is 0.930 bits per heavy atom. The van der Waals surface area contributed by atoms with Crippen LogP contribution in [0.3, 0.4) is 0 Å². The van der Waals surface area contributed by atoms with Crippen molar-refractivity contribution in [3.63, 3.8) is 0 Å². The van der Waals surface area contributed by atoms with Gasteiger partial charge in [-0.3, -0.25) is 9.59 Å². The number of hydrogen-bond acceptors (Lipinski definition) is 5. The van der Waals surface area contributed by atoms with E-state index in [9.17, 15) is 23.3 Å². The number of rotatable bonds is 5. The third kappa shape index (κ3) is 5.67. The first-order valence-corrected chi connectivity index (χ1v) is 16.5. The Balaban J connectivity index is 1.08. The van der Waals surface area contributed by atoms with Gasteiger partial charge in [0.1, 0.15) is 6.07 Å². The molecule has 8 nitrogen and oxygen atoms in total. The number of amides is 2. The lowest BCUT2D eigenvalue weighted by atomic mass is 9.71. The third-order valence-electron chi connectivity index (χ3n) is 9.41. The van der Waals surface area contributed by atoms with Gasteiger partial charge in [-0.2, -0.15) is 9.57 Å². The van der Waals surface area contributed by atoms with Gasteiger partial charge < -0.3 is 10.2 Å². The van der Waals surface area contributed by atoms with Gasteiger partial charge in [-0.15, -0.1) is 0 Å². The molecule has 1 aliphatic carbocycles. The second-order valence-electron chi connectivity index (χ2n) is 11.8. The zero-order chi connectivity index (χ0) is 30.2. The summed E-state index contributed by atoms with van der Waals surface area (Å²) < 4.78 is 28.1. The number of aryl methyl sites for hydroxylation is 1. The van der Waals surface area contributed by atoms with Crippen LogP contribution in [0.5, 0.6) is 0 Å². The van der Waals surface area contributed by atoms with E-state index in [1.807, 2.05) is 29.2 Å². The topological polar surface area (TPSA) is 111 Å². The number of likely N-dealkylation sites (tertiary alicyclic amines) is 1. The summed E-state index contributed by atoms with van der Waals surface area (Å²) in [6.45, 7) is 2.05. The third-order valence-corrected chi connectivity index (χ3v) is 11.7. The van der Waals surface area contributed by atoms with Gasteiger partial charge >= 0.3 is 0 Å². The van der Waals surface area contributed by atoms with E-state index >= 15 is 0 Å². The van der Waals surface area contributed by atoms with Gasteiger partial charge in [0.2, 0.25) is 10.0 Å². The molecule has 1 N–H and O–H groups in total. The highest BCUT2D eigenvalue weighted by molar-refractivity contribution is 7.89. The van der Waals surface area contributed by atoms with Gasteiger partial charge in [-0.1, -0.05) is 41.9 Å². The molecule has 2 aliphatic heterocycles. The van der Waals surface area contributed by atoms with Crippen LogP contribution in [0.2, 0.25) is 5.02 Å². The Morgan fingerprint density at radius 2 is 1.60 bits per heavy atom. The molecule has 2 fully saturated rings. The van der Waals surface area contributed by atoms with Crippen LogP contribution in [-0.2, 0) is 16.4 Å². The zero-order valence-corrected chi connectivity index (χ0v) is 25.3. The smallest absolute Gasteiger partial charge is 0.253 e. The van der Waals surface area contributed by atoms with Crippen molar-refractivity contribution in [1.29, 1.82) is 5.26 Å². The Kier molecular flexibility index (Phi) is 8.03. The van der Waals surface area contributed by atoms with Crippen molar-refractivity contribution in [1.82, 2.24) is 14.5 Å². The number of nitrogens with one attached hydrogen (secondary N) is 1. The minimum atomic E-state index is -3.74. The van der Waals surface area contributed by atoms with Crippen LogP contribution in [0.4, 0.5) is 0 Å². The molecule has 3 aromatic carbocycles. The Labute approximate surface area is 257 Å². The average Bonchev–Trinajstić information content (AvgIpc) is 3.43. The number of hydrogen-bond donors (Lipinski definition) is 1. The lowest BCUT2D eigenvalue weighted by Crippen LogP contribution is -2.49. The van der Waals surface area contributed by atoms with E-state index in [-0.39, 0.29) is 33.7 Å². The zero-order valence-electron chi connectivity index (χ0n) is 23.8. The minimum absolute atomic E-state index is 0.00354. The molecule has 2 amide bonds. The molecular weight excluding hydrogens is 584 g/mol. The van der Waals surface area contributed by atoms with E-state index in [0.717, 1.165) is 49.7 Å². The van der Waals surface area contributed by atoms with Gasteiger partial charge in [0, 0.05) is 31.7 Å². The quantitative estimate of drug-likeness (QED) is 0.416. The number of nitriles is 1. The Morgan fingerprint density at radius 3 is 2.33 bits per heavy atom. The molecule has 0 saturated carbocycles. The van der Waals surface area contributed by atoms with Gasteiger partial charge in [-0.25, -0.2) is 8.42 Å². The van der Waals surface area contributed by atoms with Crippen LogP contribution < -0.4 is 5.32 Å². The highest BCUT2D eigenvalue weighted by Gasteiger charge is 2.42. The van der Waals surface area contributed by atoms with Crippen molar-refractivity contribution >= 4 is 33.4 Å². The summed E-state index contributed by atoms with van der Waals surface area (Å²) in [5.41, 5.74) is 3.33. The van der Waals surface area contributed by atoms with Crippen LogP contribution in [-0.4, -0.2) is 55.6 Å². The van der Waals surface area contributed by atoms with Crippen LogP contribution in [0.25, 0.3) is 0 Å². The molecule has 0 aromatic heterocycles. The first kappa shape index (κ1) is 29.4. The van der Waals surface area contributed by atoms with E-state index in [2.05, 4.69) is 5.32 Å². The molecular formula is C33H33ClN4O4S. The summed E-state index contributed by atoms with van der Waals surface area (Å²) in [4.78, 5) is 28.4. The molecule has 3 aromatic rings. The second-order valence-corrected chi connectivity index (χ2v) is 14.1. The maximum absolute atomic E-state index is 13.6. The summed E-state index contributed by atoms with van der Waals surface area (Å²) in [6.07, 6.45) is 4.71. The normalized spacial score (nSPS) is 19.9. The summed E-state index contributed by atoms with van der Waals surface area (Å²) in [7, 11) is -3.74. The molecule has 43 heavy (non-hydrogen) atoms. The molecule has 1 atom stereocenters. The van der Waals surface area contributed by atoms with E-state index in [1.54, 1.807) is 36.4 Å². The fourth-order valence-corrected chi connectivity index (χ4v) is 8.56. The molecule has 1 unspecified atom stereocenters. The van der Waals surface area contributed by atoms with Crippen molar-refractivity contribution in [3.8, 4) is 6.07 Å². The van der Waals surface area contributed by atoms with E-state index in [4.69, 9.17) is 11.6 Å². The number of piperidine rings is 2. The number of carbonyl (C=O) groups is 2. The molecule has 6 rings (SSSR count). The van der Waals surface area contributed by atoms with E-state index < -0.39 is 10.0 Å². The predicted molar refractivity (Wildman–Crippen MR) is 163 cm³/mol. The fourth-order valence-electron chi connectivity index (χ4n) is 6.76. The van der Waals surface area contributed by atoms with E-state index in [0.29, 0.717) is 42.3 Å². The number of nitrogens with zero attached hydrogens (tertiary/aromatic N) is 3. The SMILES string of the molecule is N#Cc1ccccc1S(=O)(=O)N1CCC2(CCN(C(=O)c3ccc4c(c3)C(NC(=O)c3ccccc3Cl)CC4)CC2)CC1. The van der Waals surface area contributed by atoms with Gasteiger partial charge in [-0.05, 0) is 91.5 Å². The number of fused-ring (bicyclic) bond motifs is 1. The lowest BCUT2D eigenvalue weighted by molar-refractivity contribution is 0.0424. The molecule has 1 spiro atoms. The fraction of sp³-hybridized carbons (Fsp3) is 0.364. The summed E-state index contributed by atoms with van der Waals surface area (Å²) in [5.74, 6) is -0.247. The summed E-state index contributed by atoms with van der Waals surface area (Å²) in [6, 6.07) is 20.9. The maximum Gasteiger partial charge on any atom is 0.253 e. The second kappa shape index (κ2) is 11.8. The number of halogens is 1. The number of sulfonamides is 1. The van der Waals surface area contributed by atoms with Crippen molar-refractivity contribution in [2.24, 2.45) is 5.41 Å². The average molecular weight is 617 g/mol. The van der Waals surface area contributed by atoms with Crippen molar-refractivity contribution in [3.05, 3.63) is 99.6 Å². The van der Waals surface area contributed by atoms with Crippen LogP contribution >= 0.6 is 11.6 Å². The van der Waals surface area contributed by atoms with Gasteiger partial charge in [0.25, 0.3) is 11.8 Å². The molecule has 10 heteroatoms. The summed E-state index contributed by atoms with van der Waals surface area (Å²) >= 11 is 6.22. The number of benzene rings is 3. The molecule has 2 saturated heterocycles. The minimum Gasteiger partial charge on any atom is -0.345 e. The predicted octanol–water partition coefficient (Wildman–Crippen LogP) is 5.34. The molecule has 0 radical (unpaired) electrons. The molecule has 222 valence electrons. The number of carbonyl (C=O) groups excluding carboxylic acids is 2. The van der Waals surface area contributed by atoms with Crippen LogP contribution in [0, 0.1) is 16.7 Å². The largest absolute Gasteiger partial charge is 0.345 e. The highest BCUT2D eigenvalue weighted by Crippen LogP contribution is 2.43. The van der Waals surface area contributed by atoms with E-state index in [1.165, 1.54) is 16.4 Å². The Bertz CT molecular complexity index is 1720. The molecule has 0 bridgehead atoms. The van der Waals surface area contributed by atoms with Crippen molar-refractivity contribution < 1.29 is 18.0 Å². The van der Waals surface area contributed by atoms with Crippen LogP contribution in [0.15, 0.2) is 71.6 Å². The Hall–Kier alpha value is -3.71. The maximum atomic E-state index is 13.6. The van der Waals surface area contributed by atoms with Gasteiger partial charge in [0.05, 0.1) is 27.1 Å². The lowest BCUT2D eigenvalue weighted by Gasteiger charge is -2.46. The standard InChI is InChI=1S/C33H33ClN4O4S/c34-28-7-3-2-6-26(28)31(39)36-29-12-11-23-9-10-24(21-27(23)29)32(40)37-17-13-33(14-18-37)15-19-38(20-16-33)43(41,42)30-8-4-1-5-25(30)22-35/h1-10,21,29H,11-20H2,(H,36,39). The van der Waals surface area contributed by atoms with Gasteiger partial charge in [0.15, 0.2) is 0 Å². The molecule has 3 aliphatic rings. The first-order valence-electron chi connectivity index (χ1n) is 14.7.